The van der Waals surface area contributed by atoms with Gasteiger partial charge >= 0.3 is 6.09 Å². The fourth-order valence-electron chi connectivity index (χ4n) is 4.04. The number of aromatic amines is 1. The Morgan fingerprint density at radius 3 is 2.38 bits per heavy atom. The molecule has 0 saturated carbocycles. The molecule has 1 aromatic heterocycles. The number of carbonyl (C=O) groups is 2. The van der Waals surface area contributed by atoms with Crippen LogP contribution in [0.5, 0.6) is 5.75 Å². The smallest absolute Gasteiger partial charge is 0.408 e. The van der Waals surface area contributed by atoms with Crippen molar-refractivity contribution in [3.05, 3.63) is 93.2 Å². The van der Waals surface area contributed by atoms with Crippen molar-refractivity contribution in [3.8, 4) is 5.75 Å². The van der Waals surface area contributed by atoms with E-state index in [2.05, 4.69) is 20.6 Å². The zero-order valence-corrected chi connectivity index (χ0v) is 23.0. The number of amides is 2. The summed E-state index contributed by atoms with van der Waals surface area (Å²) in [5.41, 5.74) is 3.07. The third-order valence-electron chi connectivity index (χ3n) is 6.01. The molecule has 0 saturated heterocycles. The lowest BCUT2D eigenvalue weighted by Gasteiger charge is -2.23. The highest BCUT2D eigenvalue weighted by Gasteiger charge is 2.24. The first kappa shape index (κ1) is 29.4. The Labute approximate surface area is 229 Å². The number of phenols is 1. The minimum atomic E-state index is -0.853. The minimum Gasteiger partial charge on any atom is -0.508 e. The molecule has 208 valence electrons. The molecular formula is C30H38N4O5. The number of alkyl carbamates (subject to hydrolysis) is 1. The van der Waals surface area contributed by atoms with Gasteiger partial charge in [-0.1, -0.05) is 42.5 Å². The second-order valence-electron chi connectivity index (χ2n) is 10.6. The number of aryl methyl sites for hydroxylation is 2. The second-order valence-corrected chi connectivity index (χ2v) is 10.6. The molecule has 3 aromatic rings. The van der Waals surface area contributed by atoms with Crippen molar-refractivity contribution in [1.29, 1.82) is 0 Å². The van der Waals surface area contributed by atoms with E-state index in [0.717, 1.165) is 22.5 Å². The lowest BCUT2D eigenvalue weighted by molar-refractivity contribution is -0.123. The highest BCUT2D eigenvalue weighted by molar-refractivity contribution is 5.86. The van der Waals surface area contributed by atoms with E-state index >= 15 is 0 Å². The van der Waals surface area contributed by atoms with E-state index in [-0.39, 0.29) is 23.6 Å². The molecule has 0 fully saturated rings. The number of nitrogens with one attached hydrogen (secondary N) is 3. The maximum atomic E-state index is 12.9. The minimum absolute atomic E-state index is 0.120. The summed E-state index contributed by atoms with van der Waals surface area (Å²) in [6.07, 6.45) is 1.96. The predicted octanol–water partition coefficient (Wildman–Crippen LogP) is 3.95. The molecule has 0 aliphatic heterocycles. The lowest BCUT2D eigenvalue weighted by atomic mass is 10.0. The van der Waals surface area contributed by atoms with Crippen LogP contribution < -0.4 is 16.2 Å². The van der Waals surface area contributed by atoms with Gasteiger partial charge < -0.3 is 25.5 Å². The zero-order chi connectivity index (χ0) is 28.4. The number of rotatable bonds is 11. The zero-order valence-electron chi connectivity index (χ0n) is 23.0. The van der Waals surface area contributed by atoms with Crippen molar-refractivity contribution in [3.63, 3.8) is 0 Å². The third kappa shape index (κ3) is 9.92. The quantitative estimate of drug-likeness (QED) is 0.275. The number of phenolic OH excluding ortho intramolecular Hbond substituents is 1. The second kappa shape index (κ2) is 13.6. The maximum absolute atomic E-state index is 12.9. The van der Waals surface area contributed by atoms with Gasteiger partial charge in [-0.3, -0.25) is 14.6 Å². The Kier molecular flexibility index (Phi) is 10.3. The van der Waals surface area contributed by atoms with Crippen LogP contribution in [0, 0.1) is 6.92 Å². The standard InChI is InChI=1S/C30H38N4O5/c1-20-25(18-21-10-6-5-7-11-21)33-28(37)24(32-20)12-8-9-17-31-27(36)26(34-29(38)39-30(2,3)4)19-22-13-15-23(35)16-14-22/h5-7,10-11,13-16,26,35H,8-9,12,17-19H2,1-4H3,(H,31,36)(H,33,37)(H,34,38)/t26-/m0/s1. The number of carbonyl (C=O) groups excluding carboxylic acids is 2. The molecule has 9 heteroatoms. The van der Waals surface area contributed by atoms with Gasteiger partial charge in [0.25, 0.3) is 5.56 Å². The van der Waals surface area contributed by atoms with E-state index in [1.54, 1.807) is 32.9 Å². The molecule has 1 atom stereocenters. The summed E-state index contributed by atoms with van der Waals surface area (Å²) in [6.45, 7) is 7.52. The number of aromatic hydroxyl groups is 1. The molecule has 1 heterocycles. The van der Waals surface area contributed by atoms with Crippen molar-refractivity contribution in [2.75, 3.05) is 6.54 Å². The van der Waals surface area contributed by atoms with Crippen LogP contribution in [-0.2, 0) is 28.8 Å². The van der Waals surface area contributed by atoms with Crippen molar-refractivity contribution < 1.29 is 19.4 Å². The van der Waals surface area contributed by atoms with Gasteiger partial charge in [-0.15, -0.1) is 0 Å². The summed E-state index contributed by atoms with van der Waals surface area (Å²) in [6, 6.07) is 15.5. The highest BCUT2D eigenvalue weighted by atomic mass is 16.6. The van der Waals surface area contributed by atoms with Gasteiger partial charge in [-0.05, 0) is 70.2 Å². The average Bonchev–Trinajstić information content (AvgIpc) is 2.87. The average molecular weight is 535 g/mol. The van der Waals surface area contributed by atoms with Crippen LogP contribution in [0.25, 0.3) is 0 Å². The van der Waals surface area contributed by atoms with Gasteiger partial charge in [0.1, 0.15) is 23.1 Å². The maximum Gasteiger partial charge on any atom is 0.408 e. The van der Waals surface area contributed by atoms with Crippen LogP contribution >= 0.6 is 0 Å². The largest absolute Gasteiger partial charge is 0.508 e. The fraction of sp³-hybridized carbons (Fsp3) is 0.400. The number of hydrogen-bond acceptors (Lipinski definition) is 6. The molecule has 2 aromatic carbocycles. The monoisotopic (exact) mass is 534 g/mol. The number of aromatic nitrogens is 2. The van der Waals surface area contributed by atoms with Gasteiger partial charge in [0, 0.05) is 25.1 Å². The fourth-order valence-corrected chi connectivity index (χ4v) is 4.04. The summed E-state index contributed by atoms with van der Waals surface area (Å²) in [4.78, 5) is 45.4. The van der Waals surface area contributed by atoms with Crippen LogP contribution in [0.2, 0.25) is 0 Å². The van der Waals surface area contributed by atoms with Crippen LogP contribution in [-0.4, -0.2) is 45.3 Å². The SMILES string of the molecule is Cc1nc(CCCCNC(=O)[C@H](Cc2ccc(O)cc2)NC(=O)OC(C)(C)C)c(=O)[nH]c1Cc1ccccc1. The summed E-state index contributed by atoms with van der Waals surface area (Å²) in [5.74, 6) is -0.222. The normalized spacial score (nSPS) is 12.0. The van der Waals surface area contributed by atoms with Gasteiger partial charge in [-0.2, -0.15) is 0 Å². The molecular weight excluding hydrogens is 496 g/mol. The molecule has 4 N–H and O–H groups in total. The summed E-state index contributed by atoms with van der Waals surface area (Å²) in [7, 11) is 0. The van der Waals surface area contributed by atoms with Crippen LogP contribution in [0.3, 0.4) is 0 Å². The van der Waals surface area contributed by atoms with Gasteiger partial charge in [0.05, 0.1) is 5.69 Å². The van der Waals surface area contributed by atoms with Crippen molar-refractivity contribution in [2.24, 2.45) is 0 Å². The van der Waals surface area contributed by atoms with E-state index in [0.29, 0.717) is 37.9 Å². The number of nitrogens with zero attached hydrogens (tertiary/aromatic N) is 1. The third-order valence-corrected chi connectivity index (χ3v) is 6.01. The molecule has 0 spiro atoms. The van der Waals surface area contributed by atoms with Crippen molar-refractivity contribution in [2.45, 2.75) is 71.4 Å². The molecule has 9 nitrogen and oxygen atoms in total. The molecule has 3 rings (SSSR count). The number of H-pyrrole nitrogens is 1. The molecule has 0 radical (unpaired) electrons. The summed E-state index contributed by atoms with van der Waals surface area (Å²) >= 11 is 0. The summed E-state index contributed by atoms with van der Waals surface area (Å²) in [5, 5.41) is 15.0. The van der Waals surface area contributed by atoms with Crippen molar-refractivity contribution >= 4 is 12.0 Å². The van der Waals surface area contributed by atoms with E-state index < -0.39 is 17.7 Å². The Bertz CT molecular complexity index is 1300. The predicted molar refractivity (Wildman–Crippen MR) is 150 cm³/mol. The van der Waals surface area contributed by atoms with Crippen LogP contribution in [0.1, 0.15) is 61.8 Å². The van der Waals surface area contributed by atoms with Gasteiger partial charge in [0.2, 0.25) is 5.91 Å². The Hall–Kier alpha value is -4.14. The van der Waals surface area contributed by atoms with E-state index in [1.165, 1.54) is 12.1 Å². The first-order chi connectivity index (χ1) is 18.5. The summed E-state index contributed by atoms with van der Waals surface area (Å²) < 4.78 is 5.32. The first-order valence-electron chi connectivity index (χ1n) is 13.2. The van der Waals surface area contributed by atoms with Crippen LogP contribution in [0.4, 0.5) is 4.79 Å². The van der Waals surface area contributed by atoms with E-state index in [9.17, 15) is 19.5 Å². The van der Waals surface area contributed by atoms with Gasteiger partial charge in [-0.25, -0.2) is 4.79 Å². The number of ether oxygens (including phenoxy) is 1. The molecule has 0 aliphatic rings. The Morgan fingerprint density at radius 2 is 1.72 bits per heavy atom. The number of unbranched alkanes of at least 4 members (excludes halogenated alkanes) is 1. The molecule has 39 heavy (non-hydrogen) atoms. The first-order valence-corrected chi connectivity index (χ1v) is 13.2. The van der Waals surface area contributed by atoms with Gasteiger partial charge in [0.15, 0.2) is 0 Å². The Morgan fingerprint density at radius 1 is 1.03 bits per heavy atom. The Balaban J connectivity index is 1.52. The van der Waals surface area contributed by atoms with Crippen LogP contribution in [0.15, 0.2) is 59.4 Å². The molecule has 0 unspecified atom stereocenters. The topological polar surface area (TPSA) is 133 Å². The molecule has 0 bridgehead atoms. The van der Waals surface area contributed by atoms with Crippen molar-refractivity contribution in [1.82, 2.24) is 20.6 Å². The van der Waals surface area contributed by atoms with E-state index in [4.69, 9.17) is 4.74 Å². The molecule has 0 aliphatic carbocycles. The lowest BCUT2D eigenvalue weighted by Crippen LogP contribution is -2.49. The molecule has 2 amide bonds. The number of benzene rings is 2. The van der Waals surface area contributed by atoms with E-state index in [1.807, 2.05) is 37.3 Å². The highest BCUT2D eigenvalue weighted by Crippen LogP contribution is 2.13. The number of hydrogen-bond donors (Lipinski definition) is 4.